The third kappa shape index (κ3) is 2.39. The SMILES string of the molecule is CCc1c(C(C)(C)N)ccc2c1OCCCO2. The first-order chi connectivity index (χ1) is 8.04. The molecule has 1 aliphatic rings. The molecule has 0 saturated carbocycles. The molecule has 0 atom stereocenters. The van der Waals surface area contributed by atoms with Crippen LogP contribution in [0.25, 0.3) is 0 Å². The van der Waals surface area contributed by atoms with Gasteiger partial charge in [-0.25, -0.2) is 0 Å². The van der Waals surface area contributed by atoms with E-state index in [1.807, 2.05) is 19.9 Å². The van der Waals surface area contributed by atoms with E-state index in [2.05, 4.69) is 13.0 Å². The molecule has 0 bridgehead atoms. The van der Waals surface area contributed by atoms with Crippen molar-refractivity contribution in [3.8, 4) is 11.5 Å². The highest BCUT2D eigenvalue weighted by atomic mass is 16.5. The second kappa shape index (κ2) is 4.57. The van der Waals surface area contributed by atoms with E-state index in [0.717, 1.165) is 36.5 Å². The first-order valence-corrected chi connectivity index (χ1v) is 6.25. The number of nitrogens with two attached hydrogens (primary N) is 1. The first kappa shape index (κ1) is 12.2. The highest BCUT2D eigenvalue weighted by Gasteiger charge is 2.24. The van der Waals surface area contributed by atoms with Crippen LogP contribution in [0.2, 0.25) is 0 Å². The molecular weight excluding hydrogens is 214 g/mol. The molecule has 94 valence electrons. The summed E-state index contributed by atoms with van der Waals surface area (Å²) in [5, 5.41) is 0. The molecule has 1 aromatic carbocycles. The van der Waals surface area contributed by atoms with Crippen molar-refractivity contribution in [3.05, 3.63) is 23.3 Å². The van der Waals surface area contributed by atoms with E-state index in [4.69, 9.17) is 15.2 Å². The van der Waals surface area contributed by atoms with Gasteiger partial charge >= 0.3 is 0 Å². The second-order valence-corrected chi connectivity index (χ2v) is 5.04. The van der Waals surface area contributed by atoms with Crippen LogP contribution in [0.4, 0.5) is 0 Å². The molecule has 0 unspecified atom stereocenters. The molecule has 0 aromatic heterocycles. The fraction of sp³-hybridized carbons (Fsp3) is 0.571. The van der Waals surface area contributed by atoms with Gasteiger partial charge in [0.15, 0.2) is 11.5 Å². The number of fused-ring (bicyclic) bond motifs is 1. The van der Waals surface area contributed by atoms with Crippen molar-refractivity contribution in [1.29, 1.82) is 0 Å². The van der Waals surface area contributed by atoms with Gasteiger partial charge in [0.2, 0.25) is 0 Å². The van der Waals surface area contributed by atoms with Crippen molar-refractivity contribution in [3.63, 3.8) is 0 Å². The lowest BCUT2D eigenvalue weighted by Gasteiger charge is -2.25. The maximum absolute atomic E-state index is 6.21. The topological polar surface area (TPSA) is 44.5 Å². The molecule has 1 heterocycles. The molecule has 3 nitrogen and oxygen atoms in total. The molecule has 0 saturated heterocycles. The van der Waals surface area contributed by atoms with E-state index in [0.29, 0.717) is 6.61 Å². The Labute approximate surface area is 103 Å². The normalized spacial score (nSPS) is 15.5. The number of hydrogen-bond donors (Lipinski definition) is 1. The van der Waals surface area contributed by atoms with Crippen molar-refractivity contribution < 1.29 is 9.47 Å². The number of benzene rings is 1. The highest BCUT2D eigenvalue weighted by Crippen LogP contribution is 2.38. The maximum atomic E-state index is 6.21. The molecule has 1 aromatic rings. The zero-order valence-electron chi connectivity index (χ0n) is 10.9. The zero-order chi connectivity index (χ0) is 12.5. The van der Waals surface area contributed by atoms with Crippen LogP contribution in [0.5, 0.6) is 11.5 Å². The Morgan fingerprint density at radius 3 is 2.59 bits per heavy atom. The largest absolute Gasteiger partial charge is 0.490 e. The van der Waals surface area contributed by atoms with Crippen LogP contribution >= 0.6 is 0 Å². The maximum Gasteiger partial charge on any atom is 0.164 e. The van der Waals surface area contributed by atoms with Gasteiger partial charge in [-0.05, 0) is 31.9 Å². The van der Waals surface area contributed by atoms with Gasteiger partial charge in [-0.15, -0.1) is 0 Å². The standard InChI is InChI=1S/C14H21NO2/c1-4-10-11(14(2,3)15)6-7-12-13(10)17-9-5-8-16-12/h6-7H,4-5,8-9,15H2,1-3H3. The van der Waals surface area contributed by atoms with Crippen molar-refractivity contribution >= 4 is 0 Å². The molecule has 2 N–H and O–H groups in total. The Morgan fingerprint density at radius 1 is 1.24 bits per heavy atom. The Bertz CT molecular complexity index is 407. The minimum Gasteiger partial charge on any atom is -0.490 e. The summed E-state index contributed by atoms with van der Waals surface area (Å²) in [5.74, 6) is 1.74. The van der Waals surface area contributed by atoms with Crippen molar-refractivity contribution in [2.45, 2.75) is 39.2 Å². The lowest BCUT2D eigenvalue weighted by Crippen LogP contribution is -2.30. The average Bonchev–Trinajstić information content (AvgIpc) is 2.50. The van der Waals surface area contributed by atoms with Crippen LogP contribution < -0.4 is 15.2 Å². The van der Waals surface area contributed by atoms with Crippen molar-refractivity contribution in [2.75, 3.05) is 13.2 Å². The Balaban J connectivity index is 2.54. The van der Waals surface area contributed by atoms with E-state index in [-0.39, 0.29) is 5.54 Å². The van der Waals surface area contributed by atoms with E-state index < -0.39 is 0 Å². The fourth-order valence-corrected chi connectivity index (χ4v) is 2.25. The third-order valence-electron chi connectivity index (χ3n) is 3.06. The first-order valence-electron chi connectivity index (χ1n) is 6.25. The number of rotatable bonds is 2. The average molecular weight is 235 g/mol. The lowest BCUT2D eigenvalue weighted by atomic mass is 9.89. The van der Waals surface area contributed by atoms with E-state index in [9.17, 15) is 0 Å². The summed E-state index contributed by atoms with van der Waals surface area (Å²) in [7, 11) is 0. The minimum absolute atomic E-state index is 0.351. The van der Waals surface area contributed by atoms with Gasteiger partial charge in [-0.2, -0.15) is 0 Å². The van der Waals surface area contributed by atoms with Gasteiger partial charge in [-0.3, -0.25) is 0 Å². The van der Waals surface area contributed by atoms with Crippen molar-refractivity contribution in [1.82, 2.24) is 0 Å². The summed E-state index contributed by atoms with van der Waals surface area (Å²) >= 11 is 0. The van der Waals surface area contributed by atoms with E-state index >= 15 is 0 Å². The summed E-state index contributed by atoms with van der Waals surface area (Å²) < 4.78 is 11.5. The van der Waals surface area contributed by atoms with Crippen molar-refractivity contribution in [2.24, 2.45) is 5.73 Å². The Kier molecular flexibility index (Phi) is 3.29. The number of hydrogen-bond acceptors (Lipinski definition) is 3. The molecule has 17 heavy (non-hydrogen) atoms. The highest BCUT2D eigenvalue weighted by molar-refractivity contribution is 5.53. The van der Waals surface area contributed by atoms with Crippen LogP contribution in [0, 0.1) is 0 Å². The smallest absolute Gasteiger partial charge is 0.164 e. The molecule has 0 spiro atoms. The van der Waals surface area contributed by atoms with Crippen LogP contribution in [0.1, 0.15) is 38.3 Å². The second-order valence-electron chi connectivity index (χ2n) is 5.04. The molecule has 0 amide bonds. The van der Waals surface area contributed by atoms with E-state index in [1.165, 1.54) is 5.56 Å². The third-order valence-corrected chi connectivity index (χ3v) is 3.06. The molecule has 0 radical (unpaired) electrons. The summed E-state index contributed by atoms with van der Waals surface area (Å²) in [5.41, 5.74) is 8.18. The summed E-state index contributed by atoms with van der Waals surface area (Å²) in [6.45, 7) is 7.60. The Morgan fingerprint density at radius 2 is 1.94 bits per heavy atom. The lowest BCUT2D eigenvalue weighted by molar-refractivity contribution is 0.296. The predicted molar refractivity (Wildman–Crippen MR) is 68.6 cm³/mol. The van der Waals surface area contributed by atoms with Gasteiger partial charge < -0.3 is 15.2 Å². The van der Waals surface area contributed by atoms with Crippen LogP contribution in [-0.4, -0.2) is 13.2 Å². The fourth-order valence-electron chi connectivity index (χ4n) is 2.25. The molecule has 0 aliphatic carbocycles. The van der Waals surface area contributed by atoms with Gasteiger partial charge in [0.05, 0.1) is 13.2 Å². The molecule has 3 heteroatoms. The molecule has 0 fully saturated rings. The Hall–Kier alpha value is -1.22. The molecular formula is C14H21NO2. The summed E-state index contributed by atoms with van der Waals surface area (Å²) in [4.78, 5) is 0. The van der Waals surface area contributed by atoms with Crippen LogP contribution in [-0.2, 0) is 12.0 Å². The number of ether oxygens (including phenoxy) is 2. The summed E-state index contributed by atoms with van der Waals surface area (Å²) in [6, 6.07) is 4.04. The quantitative estimate of drug-likeness (QED) is 0.857. The molecule has 2 rings (SSSR count). The van der Waals surface area contributed by atoms with Crippen LogP contribution in [0.15, 0.2) is 12.1 Å². The van der Waals surface area contributed by atoms with Gasteiger partial charge in [0.1, 0.15) is 0 Å². The van der Waals surface area contributed by atoms with Gasteiger partial charge in [0.25, 0.3) is 0 Å². The predicted octanol–water partition coefficient (Wildman–Crippen LogP) is 2.60. The van der Waals surface area contributed by atoms with Gasteiger partial charge in [0, 0.05) is 17.5 Å². The van der Waals surface area contributed by atoms with Gasteiger partial charge in [-0.1, -0.05) is 13.0 Å². The van der Waals surface area contributed by atoms with E-state index in [1.54, 1.807) is 0 Å². The zero-order valence-corrected chi connectivity index (χ0v) is 10.9. The monoisotopic (exact) mass is 235 g/mol. The van der Waals surface area contributed by atoms with Crippen LogP contribution in [0.3, 0.4) is 0 Å². The minimum atomic E-state index is -0.351. The molecule has 1 aliphatic heterocycles. The summed E-state index contributed by atoms with van der Waals surface area (Å²) in [6.07, 6.45) is 1.84.